The number of methoxy groups -OCH3 is 1. The molecule has 0 aliphatic rings. The highest BCUT2D eigenvalue weighted by Crippen LogP contribution is 2.25. The van der Waals surface area contributed by atoms with E-state index in [9.17, 15) is 4.79 Å². The van der Waals surface area contributed by atoms with Crippen LogP contribution in [0.4, 0.5) is 0 Å². The van der Waals surface area contributed by atoms with Crippen molar-refractivity contribution >= 4 is 5.91 Å². The van der Waals surface area contributed by atoms with Gasteiger partial charge in [0.1, 0.15) is 0 Å². The van der Waals surface area contributed by atoms with Crippen LogP contribution in [-0.2, 0) is 11.3 Å². The molecule has 6 heteroatoms. The van der Waals surface area contributed by atoms with E-state index < -0.39 is 0 Å². The number of hydrogen-bond acceptors (Lipinski definition) is 5. The van der Waals surface area contributed by atoms with E-state index in [1.807, 2.05) is 42.5 Å². The predicted molar refractivity (Wildman–Crippen MR) is 97.8 cm³/mol. The number of rotatable bonds is 7. The summed E-state index contributed by atoms with van der Waals surface area (Å²) < 4.78 is 10.7. The van der Waals surface area contributed by atoms with Gasteiger partial charge in [0.25, 0.3) is 5.91 Å². The van der Waals surface area contributed by atoms with E-state index in [1.54, 1.807) is 31.6 Å². The van der Waals surface area contributed by atoms with Gasteiger partial charge in [0.2, 0.25) is 0 Å². The average molecular weight is 349 g/mol. The molecule has 1 aromatic carbocycles. The number of carbonyl (C=O) groups excluding carboxylic acids is 1. The van der Waals surface area contributed by atoms with Gasteiger partial charge < -0.3 is 14.8 Å². The second-order valence-corrected chi connectivity index (χ2v) is 5.48. The lowest BCUT2D eigenvalue weighted by molar-refractivity contribution is -0.123. The number of nitrogens with zero attached hydrogens (tertiary/aromatic N) is 2. The van der Waals surface area contributed by atoms with Crippen molar-refractivity contribution in [3.63, 3.8) is 0 Å². The molecule has 6 nitrogen and oxygen atoms in total. The van der Waals surface area contributed by atoms with Gasteiger partial charge in [-0.15, -0.1) is 0 Å². The zero-order valence-electron chi connectivity index (χ0n) is 14.4. The van der Waals surface area contributed by atoms with E-state index in [0.29, 0.717) is 18.0 Å². The van der Waals surface area contributed by atoms with Crippen LogP contribution in [0.3, 0.4) is 0 Å². The van der Waals surface area contributed by atoms with Gasteiger partial charge in [-0.25, -0.2) is 0 Å². The summed E-state index contributed by atoms with van der Waals surface area (Å²) >= 11 is 0. The third-order valence-corrected chi connectivity index (χ3v) is 3.67. The van der Waals surface area contributed by atoms with Gasteiger partial charge in [-0.05, 0) is 35.9 Å². The standard InChI is InChI=1S/C20H19N3O3/c1-25-18-7-2-3-8-19(18)26-14-20(24)23-13-15-9-10-17(22-12-15)16-6-4-5-11-21-16/h2-12H,13-14H2,1H3,(H,23,24). The van der Waals surface area contributed by atoms with Crippen LogP contribution in [0, 0.1) is 0 Å². The lowest BCUT2D eigenvalue weighted by Crippen LogP contribution is -2.28. The molecule has 0 saturated carbocycles. The minimum atomic E-state index is -0.218. The number of nitrogens with one attached hydrogen (secondary N) is 1. The fourth-order valence-electron chi connectivity index (χ4n) is 2.33. The molecular formula is C20H19N3O3. The molecule has 0 bridgehead atoms. The van der Waals surface area contributed by atoms with Gasteiger partial charge in [-0.3, -0.25) is 14.8 Å². The molecule has 0 saturated heterocycles. The van der Waals surface area contributed by atoms with Crippen molar-refractivity contribution < 1.29 is 14.3 Å². The van der Waals surface area contributed by atoms with Crippen molar-refractivity contribution in [1.82, 2.24) is 15.3 Å². The summed E-state index contributed by atoms with van der Waals surface area (Å²) in [6, 6.07) is 16.7. The molecule has 1 N–H and O–H groups in total. The van der Waals surface area contributed by atoms with Crippen LogP contribution in [-0.4, -0.2) is 29.6 Å². The zero-order chi connectivity index (χ0) is 18.2. The number of para-hydroxylation sites is 2. The predicted octanol–water partition coefficient (Wildman–Crippen LogP) is 2.85. The first-order chi connectivity index (χ1) is 12.8. The van der Waals surface area contributed by atoms with Crippen molar-refractivity contribution in [2.75, 3.05) is 13.7 Å². The van der Waals surface area contributed by atoms with E-state index in [4.69, 9.17) is 9.47 Å². The Morgan fingerprint density at radius 2 is 1.73 bits per heavy atom. The molecule has 2 heterocycles. The van der Waals surface area contributed by atoms with Crippen LogP contribution in [0.1, 0.15) is 5.56 Å². The highest BCUT2D eigenvalue weighted by atomic mass is 16.5. The summed E-state index contributed by atoms with van der Waals surface area (Å²) in [4.78, 5) is 20.6. The molecule has 1 amide bonds. The average Bonchev–Trinajstić information content (AvgIpc) is 2.72. The van der Waals surface area contributed by atoms with Crippen LogP contribution < -0.4 is 14.8 Å². The number of amides is 1. The Bertz CT molecular complexity index is 852. The van der Waals surface area contributed by atoms with E-state index in [2.05, 4.69) is 15.3 Å². The number of aromatic nitrogens is 2. The van der Waals surface area contributed by atoms with E-state index in [0.717, 1.165) is 17.0 Å². The quantitative estimate of drug-likeness (QED) is 0.710. The minimum absolute atomic E-state index is 0.0835. The fraction of sp³-hybridized carbons (Fsp3) is 0.150. The minimum Gasteiger partial charge on any atom is -0.493 e. The van der Waals surface area contributed by atoms with Crippen molar-refractivity contribution in [2.24, 2.45) is 0 Å². The van der Waals surface area contributed by atoms with Gasteiger partial charge in [0.15, 0.2) is 18.1 Å². The van der Waals surface area contributed by atoms with Crippen LogP contribution in [0.15, 0.2) is 67.0 Å². The number of benzene rings is 1. The van der Waals surface area contributed by atoms with Crippen molar-refractivity contribution in [1.29, 1.82) is 0 Å². The summed E-state index contributed by atoms with van der Waals surface area (Å²) in [6.45, 7) is 0.295. The van der Waals surface area contributed by atoms with Gasteiger partial charge in [0.05, 0.1) is 18.5 Å². The van der Waals surface area contributed by atoms with Crippen molar-refractivity contribution in [2.45, 2.75) is 6.54 Å². The summed E-state index contributed by atoms with van der Waals surface area (Å²) in [5.74, 6) is 0.908. The third kappa shape index (κ3) is 4.57. The lowest BCUT2D eigenvalue weighted by Gasteiger charge is -2.10. The summed E-state index contributed by atoms with van der Waals surface area (Å²) in [5, 5.41) is 2.81. The highest BCUT2D eigenvalue weighted by molar-refractivity contribution is 5.77. The van der Waals surface area contributed by atoms with Crippen LogP contribution in [0.25, 0.3) is 11.4 Å². The molecule has 0 aliphatic carbocycles. The smallest absolute Gasteiger partial charge is 0.258 e. The summed E-state index contributed by atoms with van der Waals surface area (Å²) in [7, 11) is 1.56. The number of carbonyl (C=O) groups is 1. The Kier molecular flexibility index (Phi) is 5.77. The van der Waals surface area contributed by atoms with E-state index >= 15 is 0 Å². The Morgan fingerprint density at radius 3 is 2.42 bits per heavy atom. The highest BCUT2D eigenvalue weighted by Gasteiger charge is 2.07. The maximum absolute atomic E-state index is 12.0. The largest absolute Gasteiger partial charge is 0.493 e. The first-order valence-corrected chi connectivity index (χ1v) is 8.15. The molecule has 0 unspecified atom stereocenters. The Labute approximate surface area is 151 Å². The Hall–Kier alpha value is -3.41. The van der Waals surface area contributed by atoms with Gasteiger partial charge in [-0.1, -0.05) is 24.3 Å². The molecule has 2 aromatic heterocycles. The molecule has 3 rings (SSSR count). The van der Waals surface area contributed by atoms with Crippen LogP contribution in [0.2, 0.25) is 0 Å². The van der Waals surface area contributed by atoms with Crippen LogP contribution in [0.5, 0.6) is 11.5 Å². The molecular weight excluding hydrogens is 330 g/mol. The first kappa shape index (κ1) is 17.4. The normalized spacial score (nSPS) is 10.2. The molecule has 132 valence electrons. The molecule has 0 aliphatic heterocycles. The summed E-state index contributed by atoms with van der Waals surface area (Å²) in [6.07, 6.45) is 3.46. The maximum atomic E-state index is 12.0. The molecule has 0 fully saturated rings. The zero-order valence-corrected chi connectivity index (χ0v) is 14.4. The van der Waals surface area contributed by atoms with E-state index in [1.165, 1.54) is 0 Å². The van der Waals surface area contributed by atoms with Gasteiger partial charge in [0, 0.05) is 18.9 Å². The second kappa shape index (κ2) is 8.62. The number of ether oxygens (including phenoxy) is 2. The van der Waals surface area contributed by atoms with Crippen LogP contribution >= 0.6 is 0 Å². The molecule has 3 aromatic rings. The molecule has 0 atom stereocenters. The SMILES string of the molecule is COc1ccccc1OCC(=O)NCc1ccc(-c2ccccn2)nc1. The topological polar surface area (TPSA) is 73.3 Å². The fourth-order valence-corrected chi connectivity index (χ4v) is 2.33. The number of pyridine rings is 2. The van der Waals surface area contributed by atoms with Crippen molar-refractivity contribution in [3.8, 4) is 22.9 Å². The third-order valence-electron chi connectivity index (χ3n) is 3.67. The lowest BCUT2D eigenvalue weighted by atomic mass is 10.2. The summed E-state index contributed by atoms with van der Waals surface area (Å²) in [5.41, 5.74) is 2.50. The second-order valence-electron chi connectivity index (χ2n) is 5.48. The van der Waals surface area contributed by atoms with Crippen molar-refractivity contribution in [3.05, 3.63) is 72.6 Å². The molecule has 26 heavy (non-hydrogen) atoms. The van der Waals surface area contributed by atoms with E-state index in [-0.39, 0.29) is 12.5 Å². The molecule has 0 spiro atoms. The Balaban J connectivity index is 1.50. The number of hydrogen-bond donors (Lipinski definition) is 1. The first-order valence-electron chi connectivity index (χ1n) is 8.15. The van der Waals surface area contributed by atoms with Gasteiger partial charge in [-0.2, -0.15) is 0 Å². The maximum Gasteiger partial charge on any atom is 0.258 e. The Morgan fingerprint density at radius 1 is 0.962 bits per heavy atom. The molecule has 0 radical (unpaired) electrons. The van der Waals surface area contributed by atoms with Gasteiger partial charge >= 0.3 is 0 Å². The monoisotopic (exact) mass is 349 g/mol.